The molecule has 150 valence electrons. The first-order valence-electron chi connectivity index (χ1n) is 9.12. The van der Waals surface area contributed by atoms with Gasteiger partial charge in [-0.2, -0.15) is 0 Å². The van der Waals surface area contributed by atoms with E-state index in [-0.39, 0.29) is 24.2 Å². The van der Waals surface area contributed by atoms with E-state index in [1.54, 1.807) is 54.1 Å². The third-order valence-corrected chi connectivity index (χ3v) is 4.41. The van der Waals surface area contributed by atoms with Gasteiger partial charge in [-0.15, -0.1) is 0 Å². The number of nitrogens with one attached hydrogen (secondary N) is 2. The summed E-state index contributed by atoms with van der Waals surface area (Å²) in [7, 11) is 1.61. The van der Waals surface area contributed by atoms with Crippen LogP contribution in [0.4, 0.5) is 5.69 Å². The molecule has 3 aromatic rings. The molecule has 0 aliphatic carbocycles. The Morgan fingerprint density at radius 1 is 1.17 bits per heavy atom. The lowest BCUT2D eigenvalue weighted by Crippen LogP contribution is -2.26. The standard InChI is InChI=1S/C20H20N4O5/c1-27-10-4-8-21-19(25)17-14-5-2-3-9-24(14)18(23-17)20(26)22-13-6-7-15-16(11-13)29-12-28-15/h2-3,5-7,9,11H,4,8,10,12H2,1H3,(H,21,25)(H,22,26). The number of hydrogen-bond donors (Lipinski definition) is 2. The summed E-state index contributed by atoms with van der Waals surface area (Å²) in [5, 5.41) is 5.59. The van der Waals surface area contributed by atoms with Crippen LogP contribution in [-0.2, 0) is 4.74 Å². The first-order chi connectivity index (χ1) is 14.2. The Morgan fingerprint density at radius 3 is 2.90 bits per heavy atom. The van der Waals surface area contributed by atoms with Gasteiger partial charge >= 0.3 is 0 Å². The third-order valence-electron chi connectivity index (χ3n) is 4.41. The fourth-order valence-electron chi connectivity index (χ4n) is 3.03. The molecule has 0 fully saturated rings. The summed E-state index contributed by atoms with van der Waals surface area (Å²) in [6, 6.07) is 10.4. The number of hydrogen-bond acceptors (Lipinski definition) is 6. The van der Waals surface area contributed by atoms with E-state index in [4.69, 9.17) is 14.2 Å². The van der Waals surface area contributed by atoms with Crippen molar-refractivity contribution in [2.75, 3.05) is 32.4 Å². The van der Waals surface area contributed by atoms with Gasteiger partial charge in [0.1, 0.15) is 0 Å². The summed E-state index contributed by atoms with van der Waals surface area (Å²) in [5.74, 6) is 0.518. The summed E-state index contributed by atoms with van der Waals surface area (Å²) in [6.45, 7) is 1.16. The smallest absolute Gasteiger partial charge is 0.292 e. The fourth-order valence-corrected chi connectivity index (χ4v) is 3.03. The second kappa shape index (κ2) is 8.19. The number of pyridine rings is 1. The Kier molecular flexibility index (Phi) is 5.30. The van der Waals surface area contributed by atoms with E-state index in [2.05, 4.69) is 15.6 Å². The van der Waals surface area contributed by atoms with Crippen LogP contribution in [0.15, 0.2) is 42.6 Å². The number of carbonyl (C=O) groups excluding carboxylic acids is 2. The summed E-state index contributed by atoms with van der Waals surface area (Å²) < 4.78 is 17.2. The number of nitrogens with zero attached hydrogens (tertiary/aromatic N) is 2. The zero-order valence-corrected chi connectivity index (χ0v) is 15.8. The van der Waals surface area contributed by atoms with Crippen LogP contribution in [0.5, 0.6) is 11.5 Å². The largest absolute Gasteiger partial charge is 0.454 e. The Balaban J connectivity index is 1.57. The van der Waals surface area contributed by atoms with E-state index >= 15 is 0 Å². The van der Waals surface area contributed by atoms with E-state index < -0.39 is 5.91 Å². The molecule has 3 heterocycles. The highest BCUT2D eigenvalue weighted by atomic mass is 16.7. The molecule has 1 aliphatic heterocycles. The van der Waals surface area contributed by atoms with Crippen molar-refractivity contribution in [2.24, 2.45) is 0 Å². The predicted octanol–water partition coefficient (Wildman–Crippen LogP) is 2.08. The molecule has 0 saturated carbocycles. The van der Waals surface area contributed by atoms with E-state index in [0.29, 0.717) is 42.3 Å². The fraction of sp³-hybridized carbons (Fsp3) is 0.250. The lowest BCUT2D eigenvalue weighted by Gasteiger charge is -2.05. The van der Waals surface area contributed by atoms with Gasteiger partial charge in [-0.3, -0.25) is 14.0 Å². The summed E-state index contributed by atoms with van der Waals surface area (Å²) in [4.78, 5) is 29.7. The molecule has 1 aromatic carbocycles. The number of imidazole rings is 1. The predicted molar refractivity (Wildman–Crippen MR) is 105 cm³/mol. The van der Waals surface area contributed by atoms with Gasteiger partial charge < -0.3 is 24.8 Å². The zero-order valence-electron chi connectivity index (χ0n) is 15.8. The molecule has 4 rings (SSSR count). The highest BCUT2D eigenvalue weighted by molar-refractivity contribution is 6.06. The number of amides is 2. The number of methoxy groups -OCH3 is 1. The second-order valence-corrected chi connectivity index (χ2v) is 6.36. The molecule has 2 amide bonds. The van der Waals surface area contributed by atoms with Crippen LogP contribution in [-0.4, -0.2) is 48.3 Å². The van der Waals surface area contributed by atoms with Crippen LogP contribution >= 0.6 is 0 Å². The van der Waals surface area contributed by atoms with E-state index in [1.807, 2.05) is 0 Å². The molecular weight excluding hydrogens is 376 g/mol. The van der Waals surface area contributed by atoms with Crippen molar-refractivity contribution >= 4 is 23.0 Å². The molecule has 2 N–H and O–H groups in total. The number of anilines is 1. The highest BCUT2D eigenvalue weighted by Crippen LogP contribution is 2.34. The molecular formula is C20H20N4O5. The second-order valence-electron chi connectivity index (χ2n) is 6.36. The summed E-state index contributed by atoms with van der Waals surface area (Å²) in [6.07, 6.45) is 2.38. The van der Waals surface area contributed by atoms with Gasteiger partial charge in [-0.1, -0.05) is 6.07 Å². The number of benzene rings is 1. The SMILES string of the molecule is COCCCNC(=O)c1nc(C(=O)Nc2ccc3c(c2)OCO3)n2ccccc12. The molecule has 9 nitrogen and oxygen atoms in total. The lowest BCUT2D eigenvalue weighted by atomic mass is 10.2. The van der Waals surface area contributed by atoms with Crippen molar-refractivity contribution in [2.45, 2.75) is 6.42 Å². The minimum Gasteiger partial charge on any atom is -0.454 e. The molecule has 29 heavy (non-hydrogen) atoms. The van der Waals surface area contributed by atoms with Crippen molar-refractivity contribution in [1.82, 2.24) is 14.7 Å². The molecule has 9 heteroatoms. The minimum atomic E-state index is -0.441. The Bertz CT molecular complexity index is 1060. The molecule has 2 aromatic heterocycles. The van der Waals surface area contributed by atoms with Crippen molar-refractivity contribution in [3.05, 3.63) is 54.1 Å². The molecule has 0 radical (unpaired) electrons. The van der Waals surface area contributed by atoms with Gasteiger partial charge in [0.05, 0.1) is 5.52 Å². The van der Waals surface area contributed by atoms with E-state index in [1.165, 1.54) is 0 Å². The van der Waals surface area contributed by atoms with Crippen molar-refractivity contribution in [1.29, 1.82) is 0 Å². The average Bonchev–Trinajstić information content (AvgIpc) is 3.35. The molecule has 0 spiro atoms. The van der Waals surface area contributed by atoms with Crippen molar-refractivity contribution in [3.8, 4) is 11.5 Å². The van der Waals surface area contributed by atoms with Gasteiger partial charge in [-0.05, 0) is 30.7 Å². The number of fused-ring (bicyclic) bond motifs is 2. The van der Waals surface area contributed by atoms with Crippen LogP contribution in [0.3, 0.4) is 0 Å². The third kappa shape index (κ3) is 3.85. The first-order valence-corrected chi connectivity index (χ1v) is 9.12. The maximum atomic E-state index is 12.8. The highest BCUT2D eigenvalue weighted by Gasteiger charge is 2.22. The average molecular weight is 396 g/mol. The van der Waals surface area contributed by atoms with Crippen LogP contribution < -0.4 is 20.1 Å². The lowest BCUT2D eigenvalue weighted by molar-refractivity contribution is 0.0946. The van der Waals surface area contributed by atoms with Crippen LogP contribution in [0, 0.1) is 0 Å². The Hall–Kier alpha value is -3.59. The molecule has 0 saturated heterocycles. The quantitative estimate of drug-likeness (QED) is 0.593. The molecule has 0 unspecified atom stereocenters. The Morgan fingerprint density at radius 2 is 2.03 bits per heavy atom. The van der Waals surface area contributed by atoms with Gasteiger partial charge in [-0.25, -0.2) is 4.98 Å². The van der Waals surface area contributed by atoms with Crippen LogP contribution in [0.1, 0.15) is 27.5 Å². The van der Waals surface area contributed by atoms with E-state index in [0.717, 1.165) is 0 Å². The monoisotopic (exact) mass is 396 g/mol. The summed E-state index contributed by atoms with van der Waals surface area (Å²) >= 11 is 0. The van der Waals surface area contributed by atoms with Gasteiger partial charge in [0.2, 0.25) is 12.6 Å². The van der Waals surface area contributed by atoms with Crippen LogP contribution in [0.25, 0.3) is 5.52 Å². The Labute approximate surface area is 166 Å². The maximum Gasteiger partial charge on any atom is 0.292 e. The van der Waals surface area contributed by atoms with Crippen molar-refractivity contribution in [3.63, 3.8) is 0 Å². The van der Waals surface area contributed by atoms with Gasteiger partial charge in [0, 0.05) is 38.2 Å². The van der Waals surface area contributed by atoms with Gasteiger partial charge in [0.25, 0.3) is 11.8 Å². The molecule has 1 aliphatic rings. The number of rotatable bonds is 7. The number of aromatic nitrogens is 2. The van der Waals surface area contributed by atoms with E-state index in [9.17, 15) is 9.59 Å². The first kappa shape index (κ1) is 18.8. The maximum absolute atomic E-state index is 12.8. The normalized spacial score (nSPS) is 12.2. The molecule has 0 atom stereocenters. The zero-order chi connectivity index (χ0) is 20.2. The molecule has 0 bridgehead atoms. The van der Waals surface area contributed by atoms with Gasteiger partial charge in [0.15, 0.2) is 17.2 Å². The number of ether oxygens (including phenoxy) is 3. The topological polar surface area (TPSA) is 103 Å². The minimum absolute atomic E-state index is 0.111. The van der Waals surface area contributed by atoms with Crippen LogP contribution in [0.2, 0.25) is 0 Å². The van der Waals surface area contributed by atoms with Crippen molar-refractivity contribution < 1.29 is 23.8 Å². The summed E-state index contributed by atoms with van der Waals surface area (Å²) in [5.41, 5.74) is 1.28. The number of carbonyl (C=O) groups is 2.